The Morgan fingerprint density at radius 2 is 2.07 bits per heavy atom. The number of aromatic nitrogens is 2. The Labute approximate surface area is 185 Å². The molecule has 6 rings (SSSR count). The highest BCUT2D eigenvalue weighted by atomic mass is 35.5. The number of piperazine rings is 1. The number of nitrogens with one attached hydrogen (secondary N) is 1. The lowest BCUT2D eigenvalue weighted by Gasteiger charge is -2.40. The largest absolute Gasteiger partial charge is 0.507 e. The molecule has 1 saturated heterocycles. The number of rotatable bonds is 2. The molecule has 5 nitrogen and oxygen atoms in total. The van der Waals surface area contributed by atoms with Gasteiger partial charge in [0.2, 0.25) is 0 Å². The first-order chi connectivity index (χ1) is 14.5. The molecular formula is C23H24Cl2N4O. The summed E-state index contributed by atoms with van der Waals surface area (Å²) in [6.45, 7) is 3.27. The lowest BCUT2D eigenvalue weighted by Crippen LogP contribution is -2.53. The summed E-state index contributed by atoms with van der Waals surface area (Å²) in [5, 5.41) is 14.9. The molecule has 30 heavy (non-hydrogen) atoms. The molecule has 2 aliphatic carbocycles. The van der Waals surface area contributed by atoms with Gasteiger partial charge in [-0.05, 0) is 61.9 Å². The van der Waals surface area contributed by atoms with Crippen LogP contribution >= 0.6 is 23.2 Å². The van der Waals surface area contributed by atoms with Gasteiger partial charge in [-0.15, -0.1) is 0 Å². The molecule has 2 N–H and O–H groups in total. The molecular weight excluding hydrogens is 419 g/mol. The maximum absolute atomic E-state index is 10.4. The highest BCUT2D eigenvalue weighted by Crippen LogP contribution is 2.43. The standard InChI is InChI=1S/C23H24Cl2N4O/c24-15-4-5-18(30)20(21(15)25)14-6-10-29-17-3-1-2-16(22(17)27-19(29)12-14)28-11-9-26-23(13-28)7-8-23/h4-6,10,12,16,26,30H,1-3,7-9,11,13H2. The van der Waals surface area contributed by atoms with Crippen LogP contribution in [0.3, 0.4) is 0 Å². The predicted molar refractivity (Wildman–Crippen MR) is 120 cm³/mol. The minimum atomic E-state index is 0.124. The molecule has 3 aromatic rings. The third-order valence-corrected chi connectivity index (χ3v) is 7.83. The van der Waals surface area contributed by atoms with E-state index in [0.717, 1.165) is 37.3 Å². The number of aromatic hydroxyl groups is 1. The van der Waals surface area contributed by atoms with E-state index in [2.05, 4.69) is 20.8 Å². The number of aryl methyl sites for hydroxylation is 1. The highest BCUT2D eigenvalue weighted by molar-refractivity contribution is 6.44. The van der Waals surface area contributed by atoms with Crippen molar-refractivity contribution in [3.05, 3.63) is 51.9 Å². The molecule has 3 aliphatic rings. The summed E-state index contributed by atoms with van der Waals surface area (Å²) >= 11 is 12.6. The van der Waals surface area contributed by atoms with Gasteiger partial charge < -0.3 is 14.8 Å². The van der Waals surface area contributed by atoms with E-state index in [1.165, 1.54) is 37.1 Å². The van der Waals surface area contributed by atoms with Crippen LogP contribution in [0.5, 0.6) is 5.75 Å². The van der Waals surface area contributed by atoms with Gasteiger partial charge in [0, 0.05) is 42.6 Å². The maximum atomic E-state index is 10.4. The minimum absolute atomic E-state index is 0.124. The number of fused-ring (bicyclic) bond motifs is 3. The fraction of sp³-hybridized carbons (Fsp3) is 0.435. The van der Waals surface area contributed by atoms with E-state index in [-0.39, 0.29) is 5.75 Å². The lowest BCUT2D eigenvalue weighted by atomic mass is 9.93. The Hall–Kier alpha value is -1.79. The Bertz CT molecular complexity index is 1150. The first-order valence-electron chi connectivity index (χ1n) is 10.7. The molecule has 0 bridgehead atoms. The fourth-order valence-corrected chi connectivity index (χ4v) is 5.72. The zero-order valence-electron chi connectivity index (χ0n) is 16.7. The van der Waals surface area contributed by atoms with Crippen molar-refractivity contribution in [2.24, 2.45) is 0 Å². The molecule has 1 aliphatic heterocycles. The van der Waals surface area contributed by atoms with E-state index in [1.807, 2.05) is 12.1 Å². The summed E-state index contributed by atoms with van der Waals surface area (Å²) in [5.41, 5.74) is 5.18. The van der Waals surface area contributed by atoms with Gasteiger partial charge in [-0.3, -0.25) is 4.90 Å². The van der Waals surface area contributed by atoms with Crippen molar-refractivity contribution in [3.63, 3.8) is 0 Å². The molecule has 1 aromatic carbocycles. The second-order valence-electron chi connectivity index (χ2n) is 8.93. The van der Waals surface area contributed by atoms with Crippen LogP contribution in [0.25, 0.3) is 16.8 Å². The average Bonchev–Trinajstić information content (AvgIpc) is 3.38. The molecule has 1 unspecified atom stereocenters. The van der Waals surface area contributed by atoms with Crippen LogP contribution in [0.15, 0.2) is 30.5 Å². The Balaban J connectivity index is 1.42. The average molecular weight is 443 g/mol. The van der Waals surface area contributed by atoms with Crippen molar-refractivity contribution < 1.29 is 5.11 Å². The van der Waals surface area contributed by atoms with Crippen LogP contribution in [-0.4, -0.2) is 44.6 Å². The van der Waals surface area contributed by atoms with E-state index in [0.29, 0.717) is 27.2 Å². The van der Waals surface area contributed by atoms with Crippen LogP contribution in [0.2, 0.25) is 10.0 Å². The summed E-state index contributed by atoms with van der Waals surface area (Å²) < 4.78 is 2.20. The van der Waals surface area contributed by atoms with Gasteiger partial charge in [-0.2, -0.15) is 0 Å². The molecule has 156 valence electrons. The number of phenolic OH excluding ortho intramolecular Hbond substituents is 1. The number of hydrogen-bond acceptors (Lipinski definition) is 4. The summed E-state index contributed by atoms with van der Waals surface area (Å²) in [6.07, 6.45) is 8.04. The number of hydrogen-bond donors (Lipinski definition) is 2. The predicted octanol–water partition coefficient (Wildman–Crippen LogP) is 4.83. The third kappa shape index (κ3) is 2.94. The van der Waals surface area contributed by atoms with Gasteiger partial charge in [-0.1, -0.05) is 23.2 Å². The van der Waals surface area contributed by atoms with Crippen LogP contribution in [0.1, 0.15) is 43.1 Å². The van der Waals surface area contributed by atoms with Crippen molar-refractivity contribution >= 4 is 28.8 Å². The number of nitrogens with zero attached hydrogens (tertiary/aromatic N) is 3. The van der Waals surface area contributed by atoms with Crippen LogP contribution < -0.4 is 5.32 Å². The summed E-state index contributed by atoms with van der Waals surface area (Å²) in [4.78, 5) is 7.74. The molecule has 1 saturated carbocycles. The van der Waals surface area contributed by atoms with E-state index in [9.17, 15) is 5.11 Å². The van der Waals surface area contributed by atoms with Gasteiger partial charge in [-0.25, -0.2) is 4.98 Å². The smallest absolute Gasteiger partial charge is 0.137 e. The summed E-state index contributed by atoms with van der Waals surface area (Å²) in [7, 11) is 0. The number of phenols is 1. The van der Waals surface area contributed by atoms with Crippen LogP contribution in [0, 0.1) is 0 Å². The van der Waals surface area contributed by atoms with E-state index >= 15 is 0 Å². The topological polar surface area (TPSA) is 52.8 Å². The quantitative estimate of drug-likeness (QED) is 0.596. The Morgan fingerprint density at radius 1 is 1.20 bits per heavy atom. The van der Waals surface area contributed by atoms with Crippen molar-refractivity contribution in [1.29, 1.82) is 0 Å². The second kappa shape index (κ2) is 6.86. The zero-order chi connectivity index (χ0) is 20.5. The molecule has 0 radical (unpaired) electrons. The summed E-state index contributed by atoms with van der Waals surface area (Å²) in [6, 6.07) is 7.57. The van der Waals surface area contributed by atoms with Crippen molar-refractivity contribution in [3.8, 4) is 16.9 Å². The van der Waals surface area contributed by atoms with Gasteiger partial charge in [0.25, 0.3) is 0 Å². The molecule has 0 amide bonds. The number of halogens is 2. The van der Waals surface area contributed by atoms with Crippen molar-refractivity contribution in [2.45, 2.75) is 43.7 Å². The Kier molecular flexibility index (Phi) is 4.33. The van der Waals surface area contributed by atoms with Crippen molar-refractivity contribution in [2.75, 3.05) is 19.6 Å². The van der Waals surface area contributed by atoms with Gasteiger partial charge >= 0.3 is 0 Å². The third-order valence-electron chi connectivity index (χ3n) is 7.02. The molecule has 7 heteroatoms. The minimum Gasteiger partial charge on any atom is -0.507 e. The monoisotopic (exact) mass is 442 g/mol. The van der Waals surface area contributed by atoms with Crippen LogP contribution in [-0.2, 0) is 6.42 Å². The first kappa shape index (κ1) is 18.9. The van der Waals surface area contributed by atoms with Crippen molar-refractivity contribution in [1.82, 2.24) is 19.6 Å². The molecule has 1 spiro atoms. The highest BCUT2D eigenvalue weighted by Gasteiger charge is 2.47. The van der Waals surface area contributed by atoms with Gasteiger partial charge in [0.05, 0.1) is 21.8 Å². The van der Waals surface area contributed by atoms with Crippen LogP contribution in [0.4, 0.5) is 0 Å². The second-order valence-corrected chi connectivity index (χ2v) is 9.71. The SMILES string of the molecule is Oc1ccc(Cl)c(Cl)c1-c1ccn2c3c(nc2c1)C(N1CCNC2(CC2)C1)CCC3. The lowest BCUT2D eigenvalue weighted by molar-refractivity contribution is 0.120. The molecule has 1 atom stereocenters. The molecule has 3 heterocycles. The van der Waals surface area contributed by atoms with E-state index in [4.69, 9.17) is 28.2 Å². The summed E-state index contributed by atoms with van der Waals surface area (Å²) in [5.74, 6) is 0.124. The number of benzene rings is 1. The first-order valence-corrected chi connectivity index (χ1v) is 11.5. The Morgan fingerprint density at radius 3 is 2.90 bits per heavy atom. The molecule has 2 aromatic heterocycles. The number of pyridine rings is 1. The van der Waals surface area contributed by atoms with E-state index in [1.54, 1.807) is 12.1 Å². The van der Waals surface area contributed by atoms with E-state index < -0.39 is 0 Å². The maximum Gasteiger partial charge on any atom is 0.137 e. The number of imidazole rings is 1. The normalized spacial score (nSPS) is 23.1. The van der Waals surface area contributed by atoms with Gasteiger partial charge in [0.1, 0.15) is 11.4 Å². The molecule has 2 fully saturated rings. The zero-order valence-corrected chi connectivity index (χ0v) is 18.2. The fourth-order valence-electron chi connectivity index (χ4n) is 5.29. The van der Waals surface area contributed by atoms with Gasteiger partial charge in [0.15, 0.2) is 0 Å².